The van der Waals surface area contributed by atoms with Gasteiger partial charge in [-0.05, 0) is 30.7 Å². The lowest BCUT2D eigenvalue weighted by molar-refractivity contribution is -0.129. The normalized spacial score (nSPS) is 10.3. The predicted molar refractivity (Wildman–Crippen MR) is 85.4 cm³/mol. The molecule has 1 rings (SSSR count). The Hall–Kier alpha value is -1.40. The summed E-state index contributed by atoms with van der Waals surface area (Å²) in [6, 6.07) is 5.40. The number of likely N-dealkylation sites (N-methyl/N-ethyl adjacent to an activating group) is 1. The van der Waals surface area contributed by atoms with Crippen LogP contribution in [-0.2, 0) is 9.53 Å². The summed E-state index contributed by atoms with van der Waals surface area (Å²) < 4.78 is 5.97. The van der Waals surface area contributed by atoms with Crippen LogP contribution >= 0.6 is 15.9 Å². The highest BCUT2D eigenvalue weighted by Crippen LogP contribution is 2.18. The Balaban J connectivity index is 2.92. The molecular formula is C15H21BrN2O3. The molecule has 0 spiro atoms. The molecule has 0 unspecified atom stereocenters. The molecule has 0 aliphatic carbocycles. The molecule has 0 fully saturated rings. The Morgan fingerprint density at radius 1 is 1.29 bits per heavy atom. The minimum Gasteiger partial charge on any atom is -0.383 e. The van der Waals surface area contributed by atoms with Crippen LogP contribution in [0.5, 0.6) is 0 Å². The van der Waals surface area contributed by atoms with E-state index in [4.69, 9.17) is 4.74 Å². The number of rotatable bonds is 6. The molecule has 0 heterocycles. The first-order chi connectivity index (χ1) is 9.86. The largest absolute Gasteiger partial charge is 0.383 e. The number of ether oxygens (including phenoxy) is 1. The third-order valence-corrected chi connectivity index (χ3v) is 3.97. The molecule has 116 valence electrons. The van der Waals surface area contributed by atoms with Crippen molar-refractivity contribution in [3.05, 3.63) is 33.8 Å². The quantitative estimate of drug-likeness (QED) is 0.782. The lowest BCUT2D eigenvalue weighted by atomic mass is 10.1. The van der Waals surface area contributed by atoms with Crippen LogP contribution in [0.2, 0.25) is 0 Å². The van der Waals surface area contributed by atoms with Crippen molar-refractivity contribution in [3.8, 4) is 0 Å². The number of methoxy groups -OCH3 is 1. The molecule has 0 atom stereocenters. The number of halogens is 1. The molecule has 21 heavy (non-hydrogen) atoms. The van der Waals surface area contributed by atoms with Gasteiger partial charge in [-0.1, -0.05) is 15.9 Å². The topological polar surface area (TPSA) is 49.9 Å². The number of benzene rings is 1. The van der Waals surface area contributed by atoms with Crippen molar-refractivity contribution in [1.29, 1.82) is 0 Å². The van der Waals surface area contributed by atoms with E-state index in [1.54, 1.807) is 27.3 Å². The fourth-order valence-corrected chi connectivity index (χ4v) is 1.97. The second-order valence-electron chi connectivity index (χ2n) is 4.97. The van der Waals surface area contributed by atoms with Crippen molar-refractivity contribution in [2.24, 2.45) is 0 Å². The molecule has 0 bridgehead atoms. The van der Waals surface area contributed by atoms with Crippen molar-refractivity contribution in [1.82, 2.24) is 9.80 Å². The SMILES string of the molecule is COCCN(CC(=O)N(C)C)C(=O)c1ccc(Br)c(C)c1. The first-order valence-electron chi connectivity index (χ1n) is 6.61. The van der Waals surface area contributed by atoms with Gasteiger partial charge >= 0.3 is 0 Å². The highest BCUT2D eigenvalue weighted by Gasteiger charge is 2.19. The van der Waals surface area contributed by atoms with E-state index in [1.165, 1.54) is 9.80 Å². The molecule has 0 saturated heterocycles. The van der Waals surface area contributed by atoms with E-state index in [1.807, 2.05) is 19.1 Å². The molecule has 1 aromatic carbocycles. The zero-order chi connectivity index (χ0) is 16.0. The maximum absolute atomic E-state index is 12.6. The van der Waals surface area contributed by atoms with Gasteiger partial charge in [0.2, 0.25) is 5.91 Å². The van der Waals surface area contributed by atoms with Crippen molar-refractivity contribution in [2.75, 3.05) is 40.9 Å². The van der Waals surface area contributed by atoms with Crippen molar-refractivity contribution < 1.29 is 14.3 Å². The molecule has 0 saturated carbocycles. The molecule has 5 nitrogen and oxygen atoms in total. The van der Waals surface area contributed by atoms with Gasteiger partial charge in [-0.15, -0.1) is 0 Å². The number of amides is 2. The monoisotopic (exact) mass is 356 g/mol. The maximum atomic E-state index is 12.6. The minimum atomic E-state index is -0.169. The van der Waals surface area contributed by atoms with Crippen LogP contribution in [0.3, 0.4) is 0 Å². The third kappa shape index (κ3) is 5.13. The van der Waals surface area contributed by atoms with Crippen LogP contribution in [-0.4, -0.2) is 62.5 Å². The summed E-state index contributed by atoms with van der Waals surface area (Å²) in [6.07, 6.45) is 0. The lowest BCUT2D eigenvalue weighted by Crippen LogP contribution is -2.41. The molecule has 1 aromatic rings. The van der Waals surface area contributed by atoms with E-state index in [2.05, 4.69) is 15.9 Å². The summed E-state index contributed by atoms with van der Waals surface area (Å²) in [5.41, 5.74) is 1.55. The van der Waals surface area contributed by atoms with Gasteiger partial charge in [-0.2, -0.15) is 0 Å². The summed E-state index contributed by atoms with van der Waals surface area (Å²) in [4.78, 5) is 27.4. The first-order valence-corrected chi connectivity index (χ1v) is 7.40. The number of carbonyl (C=O) groups excluding carboxylic acids is 2. The minimum absolute atomic E-state index is 0.0459. The van der Waals surface area contributed by atoms with E-state index in [0.717, 1.165) is 10.0 Å². The van der Waals surface area contributed by atoms with Gasteiger partial charge in [-0.25, -0.2) is 0 Å². The van der Waals surface area contributed by atoms with Gasteiger partial charge in [0.15, 0.2) is 0 Å². The molecule has 6 heteroatoms. The average molecular weight is 357 g/mol. The number of hydrogen-bond acceptors (Lipinski definition) is 3. The van der Waals surface area contributed by atoms with Crippen LogP contribution in [0.25, 0.3) is 0 Å². The Labute approximate surface area is 134 Å². The molecule has 0 aromatic heterocycles. The van der Waals surface area contributed by atoms with Gasteiger partial charge < -0.3 is 14.5 Å². The molecule has 2 amide bonds. The summed E-state index contributed by atoms with van der Waals surface area (Å²) in [5.74, 6) is -0.286. The fourth-order valence-electron chi connectivity index (χ4n) is 1.72. The van der Waals surface area contributed by atoms with E-state index in [-0.39, 0.29) is 18.4 Å². The van der Waals surface area contributed by atoms with Crippen LogP contribution < -0.4 is 0 Å². The first kappa shape index (κ1) is 17.7. The number of carbonyl (C=O) groups is 2. The van der Waals surface area contributed by atoms with Crippen LogP contribution in [0.15, 0.2) is 22.7 Å². The van der Waals surface area contributed by atoms with Crippen LogP contribution in [0.4, 0.5) is 0 Å². The summed E-state index contributed by atoms with van der Waals surface area (Å²) in [5, 5.41) is 0. The summed E-state index contributed by atoms with van der Waals surface area (Å²) in [6.45, 7) is 2.74. The van der Waals surface area contributed by atoms with Gasteiger partial charge in [0.05, 0.1) is 6.61 Å². The zero-order valence-corrected chi connectivity index (χ0v) is 14.4. The van der Waals surface area contributed by atoms with E-state index in [0.29, 0.717) is 18.7 Å². The molecular weight excluding hydrogens is 336 g/mol. The predicted octanol–water partition coefficient (Wildman–Crippen LogP) is 1.93. The highest BCUT2D eigenvalue weighted by molar-refractivity contribution is 9.10. The van der Waals surface area contributed by atoms with Crippen LogP contribution in [0.1, 0.15) is 15.9 Å². The van der Waals surface area contributed by atoms with E-state index in [9.17, 15) is 9.59 Å². The molecule has 0 N–H and O–H groups in total. The maximum Gasteiger partial charge on any atom is 0.254 e. The smallest absolute Gasteiger partial charge is 0.254 e. The van der Waals surface area contributed by atoms with Gasteiger partial charge in [0.25, 0.3) is 5.91 Å². The van der Waals surface area contributed by atoms with Gasteiger partial charge in [0, 0.05) is 37.8 Å². The Morgan fingerprint density at radius 3 is 2.48 bits per heavy atom. The van der Waals surface area contributed by atoms with Crippen molar-refractivity contribution >= 4 is 27.7 Å². The lowest BCUT2D eigenvalue weighted by Gasteiger charge is -2.23. The Kier molecular flexibility index (Phi) is 6.84. The number of nitrogens with zero attached hydrogens (tertiary/aromatic N) is 2. The zero-order valence-electron chi connectivity index (χ0n) is 12.9. The third-order valence-electron chi connectivity index (χ3n) is 3.08. The fraction of sp³-hybridized carbons (Fsp3) is 0.467. The molecule has 0 radical (unpaired) electrons. The second kappa shape index (κ2) is 8.14. The summed E-state index contributed by atoms with van der Waals surface area (Å²) >= 11 is 3.41. The van der Waals surface area contributed by atoms with Gasteiger partial charge in [0.1, 0.15) is 6.54 Å². The molecule has 0 aliphatic rings. The average Bonchev–Trinajstić information content (AvgIpc) is 2.45. The number of hydrogen-bond donors (Lipinski definition) is 0. The highest BCUT2D eigenvalue weighted by atomic mass is 79.9. The van der Waals surface area contributed by atoms with Crippen LogP contribution in [0, 0.1) is 6.92 Å². The summed E-state index contributed by atoms with van der Waals surface area (Å²) in [7, 11) is 4.91. The molecule has 0 aliphatic heterocycles. The van der Waals surface area contributed by atoms with Crippen molar-refractivity contribution in [2.45, 2.75) is 6.92 Å². The van der Waals surface area contributed by atoms with E-state index < -0.39 is 0 Å². The van der Waals surface area contributed by atoms with Crippen molar-refractivity contribution in [3.63, 3.8) is 0 Å². The Bertz CT molecular complexity index is 518. The number of aryl methyl sites for hydroxylation is 1. The van der Waals surface area contributed by atoms with E-state index >= 15 is 0 Å². The van der Waals surface area contributed by atoms with Gasteiger partial charge in [-0.3, -0.25) is 9.59 Å². The second-order valence-corrected chi connectivity index (χ2v) is 5.83. The Morgan fingerprint density at radius 2 is 1.95 bits per heavy atom. The standard InChI is InChI=1S/C15H21BrN2O3/c1-11-9-12(5-6-13(11)16)15(20)18(7-8-21-4)10-14(19)17(2)3/h5-6,9H,7-8,10H2,1-4H3.